The van der Waals surface area contributed by atoms with Crippen molar-refractivity contribution in [1.82, 2.24) is 14.7 Å². The lowest BCUT2D eigenvalue weighted by Crippen LogP contribution is -2.28. The van der Waals surface area contributed by atoms with E-state index in [0.29, 0.717) is 6.04 Å². The predicted molar refractivity (Wildman–Crippen MR) is 55.8 cm³/mol. The number of hydrogen-bond acceptors (Lipinski definition) is 3. The summed E-state index contributed by atoms with van der Waals surface area (Å²) in [7, 11) is 1.96. The van der Waals surface area contributed by atoms with Gasteiger partial charge < -0.3 is 5.73 Å². The van der Waals surface area contributed by atoms with Crippen LogP contribution in [0, 0.1) is 0 Å². The van der Waals surface area contributed by atoms with Gasteiger partial charge in [0.2, 0.25) is 0 Å². The molecule has 0 radical (unpaired) electrons. The molecule has 1 atom stereocenters. The normalized spacial score (nSPS) is 23.1. The number of aromatic nitrogens is 2. The van der Waals surface area contributed by atoms with Crippen molar-refractivity contribution in [3.05, 3.63) is 18.0 Å². The first kappa shape index (κ1) is 9.68. The van der Waals surface area contributed by atoms with Crippen LogP contribution in [0.3, 0.4) is 0 Å². The highest BCUT2D eigenvalue weighted by Gasteiger charge is 2.25. The first-order valence-corrected chi connectivity index (χ1v) is 5.24. The number of hydrogen-bond donors (Lipinski definition) is 1. The van der Waals surface area contributed by atoms with E-state index in [0.717, 1.165) is 13.1 Å². The average molecular weight is 194 g/mol. The van der Waals surface area contributed by atoms with Gasteiger partial charge in [0.1, 0.15) is 0 Å². The molecule has 1 aliphatic rings. The molecule has 0 unspecified atom stereocenters. The van der Waals surface area contributed by atoms with E-state index >= 15 is 0 Å². The van der Waals surface area contributed by atoms with Crippen molar-refractivity contribution < 1.29 is 0 Å². The summed E-state index contributed by atoms with van der Waals surface area (Å²) < 4.78 is 1.87. The van der Waals surface area contributed by atoms with E-state index in [2.05, 4.69) is 16.2 Å². The Balaban J connectivity index is 2.09. The fourth-order valence-corrected chi connectivity index (χ4v) is 2.25. The van der Waals surface area contributed by atoms with Gasteiger partial charge in [-0.1, -0.05) is 0 Å². The Kier molecular flexibility index (Phi) is 2.84. The third-order valence-electron chi connectivity index (χ3n) is 2.89. The summed E-state index contributed by atoms with van der Waals surface area (Å²) in [5.74, 6) is 0. The molecule has 1 aromatic heterocycles. The Labute approximate surface area is 84.7 Å². The summed E-state index contributed by atoms with van der Waals surface area (Å²) in [4.78, 5) is 2.46. The molecule has 0 bridgehead atoms. The predicted octanol–water partition coefficient (Wildman–Crippen LogP) is 0.516. The van der Waals surface area contributed by atoms with Crippen LogP contribution in [-0.4, -0.2) is 34.3 Å². The highest BCUT2D eigenvalue weighted by molar-refractivity contribution is 5.12. The van der Waals surface area contributed by atoms with E-state index in [-0.39, 0.29) is 0 Å². The molecule has 1 saturated heterocycles. The first-order chi connectivity index (χ1) is 6.81. The van der Waals surface area contributed by atoms with Crippen molar-refractivity contribution in [2.45, 2.75) is 18.9 Å². The van der Waals surface area contributed by atoms with E-state index in [1.165, 1.54) is 24.9 Å². The molecule has 14 heavy (non-hydrogen) atoms. The molecule has 4 heteroatoms. The lowest BCUT2D eigenvalue weighted by Gasteiger charge is -2.22. The van der Waals surface area contributed by atoms with Gasteiger partial charge in [0.25, 0.3) is 0 Å². The third kappa shape index (κ3) is 1.81. The minimum Gasteiger partial charge on any atom is -0.329 e. The Morgan fingerprint density at radius 3 is 3.14 bits per heavy atom. The van der Waals surface area contributed by atoms with Crippen molar-refractivity contribution >= 4 is 0 Å². The molecule has 0 aliphatic carbocycles. The summed E-state index contributed by atoms with van der Waals surface area (Å²) in [6.45, 7) is 2.92. The lowest BCUT2D eigenvalue weighted by atomic mass is 10.1. The summed E-state index contributed by atoms with van der Waals surface area (Å²) >= 11 is 0. The van der Waals surface area contributed by atoms with Crippen molar-refractivity contribution in [3.8, 4) is 0 Å². The Morgan fingerprint density at radius 1 is 1.64 bits per heavy atom. The molecule has 0 aromatic carbocycles. The highest BCUT2D eigenvalue weighted by Crippen LogP contribution is 2.30. The second-order valence-electron chi connectivity index (χ2n) is 3.93. The zero-order valence-electron chi connectivity index (χ0n) is 8.69. The summed E-state index contributed by atoms with van der Waals surface area (Å²) in [6.07, 6.45) is 6.60. The van der Waals surface area contributed by atoms with Gasteiger partial charge in [-0.05, 0) is 19.4 Å². The molecule has 2 heterocycles. The van der Waals surface area contributed by atoms with Gasteiger partial charge in [-0.3, -0.25) is 9.58 Å². The average Bonchev–Trinajstić information content (AvgIpc) is 2.74. The maximum Gasteiger partial charge on any atom is 0.0537 e. The lowest BCUT2D eigenvalue weighted by molar-refractivity contribution is 0.264. The molecule has 2 N–H and O–H groups in total. The van der Waals surface area contributed by atoms with Gasteiger partial charge in [0, 0.05) is 37.9 Å². The molecule has 0 spiro atoms. The highest BCUT2D eigenvalue weighted by atomic mass is 15.3. The number of rotatable bonds is 3. The number of likely N-dealkylation sites (tertiary alicyclic amines) is 1. The van der Waals surface area contributed by atoms with Crippen LogP contribution in [0.2, 0.25) is 0 Å². The summed E-state index contributed by atoms with van der Waals surface area (Å²) in [5.41, 5.74) is 6.92. The second kappa shape index (κ2) is 4.11. The van der Waals surface area contributed by atoms with E-state index in [4.69, 9.17) is 5.73 Å². The topological polar surface area (TPSA) is 47.1 Å². The van der Waals surface area contributed by atoms with Crippen LogP contribution in [0.1, 0.15) is 24.4 Å². The molecule has 2 rings (SSSR count). The smallest absolute Gasteiger partial charge is 0.0537 e. The van der Waals surface area contributed by atoms with Gasteiger partial charge in [-0.2, -0.15) is 5.10 Å². The molecule has 78 valence electrons. The van der Waals surface area contributed by atoms with Crippen molar-refractivity contribution in [1.29, 1.82) is 0 Å². The Bertz CT molecular complexity index is 294. The largest absolute Gasteiger partial charge is 0.329 e. The number of nitrogens with zero attached hydrogens (tertiary/aromatic N) is 3. The van der Waals surface area contributed by atoms with Gasteiger partial charge in [0.05, 0.1) is 6.20 Å². The SMILES string of the molecule is Cn1cc([C@H]2CCCN2CCN)cn1. The zero-order chi connectivity index (χ0) is 9.97. The van der Waals surface area contributed by atoms with Crippen LogP contribution in [0.5, 0.6) is 0 Å². The van der Waals surface area contributed by atoms with Crippen LogP contribution in [-0.2, 0) is 7.05 Å². The number of nitrogens with two attached hydrogens (primary N) is 1. The molecule has 1 aliphatic heterocycles. The molecule has 4 nitrogen and oxygen atoms in total. The van der Waals surface area contributed by atoms with Crippen LogP contribution in [0.15, 0.2) is 12.4 Å². The molecular weight excluding hydrogens is 176 g/mol. The minimum atomic E-state index is 0.548. The maximum absolute atomic E-state index is 5.59. The molecule has 1 aromatic rings. The van der Waals surface area contributed by atoms with Gasteiger partial charge in [-0.25, -0.2) is 0 Å². The van der Waals surface area contributed by atoms with Crippen LogP contribution in [0.4, 0.5) is 0 Å². The molecule has 0 amide bonds. The zero-order valence-corrected chi connectivity index (χ0v) is 8.69. The Morgan fingerprint density at radius 2 is 2.50 bits per heavy atom. The van der Waals surface area contributed by atoms with E-state index in [1.54, 1.807) is 0 Å². The Hall–Kier alpha value is -0.870. The van der Waals surface area contributed by atoms with E-state index < -0.39 is 0 Å². The molecule has 0 saturated carbocycles. The van der Waals surface area contributed by atoms with Crippen LogP contribution < -0.4 is 5.73 Å². The summed E-state index contributed by atoms with van der Waals surface area (Å²) in [5, 5.41) is 4.21. The van der Waals surface area contributed by atoms with Gasteiger partial charge in [-0.15, -0.1) is 0 Å². The fraction of sp³-hybridized carbons (Fsp3) is 0.700. The number of aryl methyl sites for hydroxylation is 1. The van der Waals surface area contributed by atoms with Crippen LogP contribution in [0.25, 0.3) is 0 Å². The van der Waals surface area contributed by atoms with E-state index in [9.17, 15) is 0 Å². The standard InChI is InChI=1S/C10H18N4/c1-13-8-9(7-12-13)10-3-2-5-14(10)6-4-11/h7-8,10H,2-6,11H2,1H3/t10-/m1/s1. The summed E-state index contributed by atoms with van der Waals surface area (Å²) in [6, 6.07) is 0.548. The second-order valence-corrected chi connectivity index (χ2v) is 3.93. The molecule has 1 fully saturated rings. The third-order valence-corrected chi connectivity index (χ3v) is 2.89. The monoisotopic (exact) mass is 194 g/mol. The molecular formula is C10H18N4. The maximum atomic E-state index is 5.59. The van der Waals surface area contributed by atoms with Gasteiger partial charge >= 0.3 is 0 Å². The minimum absolute atomic E-state index is 0.548. The quantitative estimate of drug-likeness (QED) is 0.763. The van der Waals surface area contributed by atoms with Crippen LogP contribution >= 0.6 is 0 Å². The fourth-order valence-electron chi connectivity index (χ4n) is 2.25. The first-order valence-electron chi connectivity index (χ1n) is 5.24. The van der Waals surface area contributed by atoms with E-state index in [1.807, 2.05) is 17.9 Å². The van der Waals surface area contributed by atoms with Crippen molar-refractivity contribution in [2.24, 2.45) is 12.8 Å². The van der Waals surface area contributed by atoms with Crippen molar-refractivity contribution in [3.63, 3.8) is 0 Å². The van der Waals surface area contributed by atoms with Gasteiger partial charge in [0.15, 0.2) is 0 Å². The van der Waals surface area contributed by atoms with Crippen molar-refractivity contribution in [2.75, 3.05) is 19.6 Å².